The lowest BCUT2D eigenvalue weighted by atomic mass is 10.00. The summed E-state index contributed by atoms with van der Waals surface area (Å²) >= 11 is 0. The first-order chi connectivity index (χ1) is 11.6. The molecular formula is C19H13NO4. The van der Waals surface area contributed by atoms with Crippen molar-refractivity contribution >= 4 is 27.6 Å². The van der Waals surface area contributed by atoms with Crippen LogP contribution in [0.3, 0.4) is 0 Å². The van der Waals surface area contributed by atoms with Gasteiger partial charge in [0.2, 0.25) is 0 Å². The van der Waals surface area contributed by atoms with Gasteiger partial charge >= 0.3 is 0 Å². The molecule has 0 saturated carbocycles. The molecule has 1 N–H and O–H groups in total. The van der Waals surface area contributed by atoms with E-state index in [1.54, 1.807) is 18.2 Å². The lowest BCUT2D eigenvalue weighted by Gasteiger charge is -2.11. The molecule has 5 nitrogen and oxygen atoms in total. The molecule has 0 aliphatic rings. The highest BCUT2D eigenvalue weighted by atomic mass is 16.6. The van der Waals surface area contributed by atoms with Crippen molar-refractivity contribution in [1.29, 1.82) is 0 Å². The molecule has 0 amide bonds. The number of hydrogen-bond acceptors (Lipinski definition) is 4. The maximum Gasteiger partial charge on any atom is 0.269 e. The van der Waals surface area contributed by atoms with E-state index < -0.39 is 11.0 Å². The van der Waals surface area contributed by atoms with E-state index >= 15 is 0 Å². The number of furan rings is 1. The Morgan fingerprint density at radius 2 is 1.62 bits per heavy atom. The highest BCUT2D eigenvalue weighted by Gasteiger charge is 2.16. The van der Waals surface area contributed by atoms with Crippen LogP contribution in [0.1, 0.15) is 17.2 Å². The normalized spacial score (nSPS) is 12.5. The number of fused-ring (bicyclic) bond motifs is 3. The van der Waals surface area contributed by atoms with Gasteiger partial charge in [-0.3, -0.25) is 10.1 Å². The summed E-state index contributed by atoms with van der Waals surface area (Å²) in [6.45, 7) is 0. The van der Waals surface area contributed by atoms with Crippen molar-refractivity contribution in [3.8, 4) is 0 Å². The molecule has 0 fully saturated rings. The van der Waals surface area contributed by atoms with E-state index in [2.05, 4.69) is 0 Å². The second kappa shape index (κ2) is 5.47. The van der Waals surface area contributed by atoms with Crippen LogP contribution in [0, 0.1) is 10.1 Å². The number of nitro benzene ring substituents is 1. The van der Waals surface area contributed by atoms with Crippen LogP contribution in [0.4, 0.5) is 5.69 Å². The van der Waals surface area contributed by atoms with Crippen LogP contribution in [-0.2, 0) is 0 Å². The first-order valence-electron chi connectivity index (χ1n) is 7.47. The minimum absolute atomic E-state index is 0.0450. The Hall–Kier alpha value is -3.18. The van der Waals surface area contributed by atoms with E-state index in [0.29, 0.717) is 16.7 Å². The van der Waals surface area contributed by atoms with Crippen molar-refractivity contribution in [2.75, 3.05) is 0 Å². The first kappa shape index (κ1) is 14.4. The zero-order valence-electron chi connectivity index (χ0n) is 12.5. The lowest BCUT2D eigenvalue weighted by Crippen LogP contribution is -2.00. The van der Waals surface area contributed by atoms with Crippen LogP contribution in [0.25, 0.3) is 21.9 Å². The molecule has 0 spiro atoms. The summed E-state index contributed by atoms with van der Waals surface area (Å²) in [4.78, 5) is 10.4. The Kier molecular flexibility index (Phi) is 3.29. The van der Waals surface area contributed by atoms with Gasteiger partial charge in [-0.05, 0) is 23.3 Å². The first-order valence-corrected chi connectivity index (χ1v) is 7.47. The molecule has 118 valence electrons. The highest BCUT2D eigenvalue weighted by Crippen LogP contribution is 2.32. The largest absolute Gasteiger partial charge is 0.456 e. The third-order valence-electron chi connectivity index (χ3n) is 4.12. The lowest BCUT2D eigenvalue weighted by molar-refractivity contribution is -0.385. The van der Waals surface area contributed by atoms with Crippen LogP contribution in [0.2, 0.25) is 0 Å². The summed E-state index contributed by atoms with van der Waals surface area (Å²) < 4.78 is 5.82. The number of non-ortho nitro benzene ring substituents is 1. The Morgan fingerprint density at radius 3 is 2.46 bits per heavy atom. The molecule has 4 rings (SSSR count). The maximum atomic E-state index is 10.9. The summed E-state index contributed by atoms with van der Waals surface area (Å²) in [5.41, 5.74) is 2.52. The molecule has 0 bridgehead atoms. The highest BCUT2D eigenvalue weighted by molar-refractivity contribution is 6.04. The molecule has 3 aromatic carbocycles. The molecular weight excluding hydrogens is 306 g/mol. The van der Waals surface area contributed by atoms with E-state index in [4.69, 9.17) is 4.42 Å². The van der Waals surface area contributed by atoms with Crippen LogP contribution >= 0.6 is 0 Å². The zero-order valence-corrected chi connectivity index (χ0v) is 12.5. The fourth-order valence-corrected chi connectivity index (χ4v) is 2.91. The van der Waals surface area contributed by atoms with Gasteiger partial charge in [-0.15, -0.1) is 0 Å². The van der Waals surface area contributed by atoms with Gasteiger partial charge in [0.1, 0.15) is 17.3 Å². The van der Waals surface area contributed by atoms with Gasteiger partial charge in [-0.2, -0.15) is 0 Å². The van der Waals surface area contributed by atoms with Gasteiger partial charge in [0.25, 0.3) is 5.69 Å². The summed E-state index contributed by atoms with van der Waals surface area (Å²) in [7, 11) is 0. The predicted molar refractivity (Wildman–Crippen MR) is 90.9 cm³/mol. The monoisotopic (exact) mass is 319 g/mol. The second-order valence-electron chi connectivity index (χ2n) is 5.61. The maximum absolute atomic E-state index is 10.9. The predicted octanol–water partition coefficient (Wildman–Crippen LogP) is 4.58. The average molecular weight is 319 g/mol. The molecule has 0 radical (unpaired) electrons. The summed E-state index contributed by atoms with van der Waals surface area (Å²) in [5, 5.41) is 23.5. The Morgan fingerprint density at radius 1 is 0.875 bits per heavy atom. The van der Waals surface area contributed by atoms with E-state index in [1.165, 1.54) is 12.1 Å². The van der Waals surface area contributed by atoms with E-state index in [9.17, 15) is 15.2 Å². The van der Waals surface area contributed by atoms with Crippen LogP contribution < -0.4 is 0 Å². The number of benzene rings is 3. The van der Waals surface area contributed by atoms with Gasteiger partial charge in [-0.1, -0.05) is 42.5 Å². The van der Waals surface area contributed by atoms with Crippen molar-refractivity contribution in [3.63, 3.8) is 0 Å². The quantitative estimate of drug-likeness (QED) is 0.443. The molecule has 0 aliphatic carbocycles. The zero-order chi connectivity index (χ0) is 16.7. The SMILES string of the molecule is O=[N+]([O-])c1cccc([C@H](O)c2ccc3c(c2)oc2ccccc23)c1. The minimum Gasteiger partial charge on any atom is -0.456 e. The molecule has 0 unspecified atom stereocenters. The van der Waals surface area contributed by atoms with Gasteiger partial charge in [0, 0.05) is 22.9 Å². The van der Waals surface area contributed by atoms with Crippen LogP contribution in [0.5, 0.6) is 0 Å². The molecule has 24 heavy (non-hydrogen) atoms. The summed E-state index contributed by atoms with van der Waals surface area (Å²) in [6.07, 6.45) is -0.956. The molecule has 5 heteroatoms. The third kappa shape index (κ3) is 2.31. The molecule has 0 aliphatic heterocycles. The van der Waals surface area contributed by atoms with E-state index in [-0.39, 0.29) is 5.69 Å². The topological polar surface area (TPSA) is 76.5 Å². The fourth-order valence-electron chi connectivity index (χ4n) is 2.91. The molecule has 0 saturated heterocycles. The Labute approximate surface area is 136 Å². The molecule has 4 aromatic rings. The third-order valence-corrected chi connectivity index (χ3v) is 4.12. The van der Waals surface area contributed by atoms with E-state index in [0.717, 1.165) is 16.4 Å². The number of aliphatic hydroxyl groups is 1. The number of aliphatic hydroxyl groups excluding tert-OH is 1. The number of hydrogen-bond donors (Lipinski definition) is 1. The van der Waals surface area contributed by atoms with Crippen molar-refractivity contribution < 1.29 is 14.4 Å². The number of nitrogens with zero attached hydrogens (tertiary/aromatic N) is 1. The standard InChI is InChI=1S/C19H13NO4/c21-19(12-4-3-5-14(10-12)20(22)23)13-8-9-16-15-6-1-2-7-17(15)24-18(16)11-13/h1-11,19,21H/t19-/m0/s1. The minimum atomic E-state index is -0.956. The van der Waals surface area contributed by atoms with Crippen molar-refractivity contribution in [3.05, 3.63) is 88.0 Å². The van der Waals surface area contributed by atoms with Gasteiger partial charge < -0.3 is 9.52 Å². The van der Waals surface area contributed by atoms with Crippen molar-refractivity contribution in [2.24, 2.45) is 0 Å². The van der Waals surface area contributed by atoms with Gasteiger partial charge in [0.15, 0.2) is 0 Å². The molecule has 1 aromatic heterocycles. The smallest absolute Gasteiger partial charge is 0.269 e. The van der Waals surface area contributed by atoms with Gasteiger partial charge in [0.05, 0.1) is 4.92 Å². The average Bonchev–Trinajstić information content (AvgIpc) is 2.99. The number of para-hydroxylation sites is 1. The summed E-state index contributed by atoms with van der Waals surface area (Å²) in [5.74, 6) is 0. The second-order valence-corrected chi connectivity index (χ2v) is 5.61. The number of rotatable bonds is 3. The number of nitro groups is 1. The van der Waals surface area contributed by atoms with Crippen molar-refractivity contribution in [1.82, 2.24) is 0 Å². The van der Waals surface area contributed by atoms with Crippen LogP contribution in [-0.4, -0.2) is 10.0 Å². The Bertz CT molecular complexity index is 1070. The summed E-state index contributed by atoms with van der Waals surface area (Å²) in [6, 6.07) is 19.2. The fraction of sp³-hybridized carbons (Fsp3) is 0.0526. The molecule has 1 heterocycles. The van der Waals surface area contributed by atoms with Crippen LogP contribution in [0.15, 0.2) is 71.1 Å². The molecule has 1 atom stereocenters. The van der Waals surface area contributed by atoms with Gasteiger partial charge in [-0.25, -0.2) is 0 Å². The van der Waals surface area contributed by atoms with E-state index in [1.807, 2.05) is 36.4 Å². The van der Waals surface area contributed by atoms with Crippen molar-refractivity contribution in [2.45, 2.75) is 6.10 Å². The Balaban J connectivity index is 1.79.